The van der Waals surface area contributed by atoms with Crippen molar-refractivity contribution in [3.05, 3.63) is 83.2 Å². The highest BCUT2D eigenvalue weighted by Gasteiger charge is 2.37. The van der Waals surface area contributed by atoms with Gasteiger partial charge in [0.15, 0.2) is 0 Å². The molecule has 0 fully saturated rings. The first-order valence-corrected chi connectivity index (χ1v) is 11.3. The van der Waals surface area contributed by atoms with E-state index in [1.54, 1.807) is 0 Å². The van der Waals surface area contributed by atoms with Crippen LogP contribution in [-0.2, 0) is 18.9 Å². The Morgan fingerprint density at radius 1 is 0.935 bits per heavy atom. The summed E-state index contributed by atoms with van der Waals surface area (Å²) in [6, 6.07) is 20.5. The largest absolute Gasteiger partial charge is 0.260 e. The van der Waals surface area contributed by atoms with Gasteiger partial charge in [-0.2, -0.15) is 4.57 Å². The summed E-state index contributed by atoms with van der Waals surface area (Å²) in [5.74, 6) is 0.655. The minimum absolute atomic E-state index is 0.0891. The van der Waals surface area contributed by atoms with Crippen LogP contribution in [0, 0.1) is 12.8 Å². The molecule has 0 aliphatic heterocycles. The zero-order valence-electron chi connectivity index (χ0n) is 19.5. The van der Waals surface area contributed by atoms with Crippen molar-refractivity contribution in [2.24, 2.45) is 13.0 Å². The van der Waals surface area contributed by atoms with Gasteiger partial charge in [0, 0.05) is 40.3 Å². The molecular formula is C29H31N2+. The highest BCUT2D eigenvalue weighted by atomic mass is 14.9. The zero-order chi connectivity index (χ0) is 21.9. The van der Waals surface area contributed by atoms with Crippen LogP contribution in [-0.4, -0.2) is 4.98 Å². The van der Waals surface area contributed by atoms with Gasteiger partial charge in [-0.3, -0.25) is 4.98 Å². The van der Waals surface area contributed by atoms with E-state index in [0.717, 1.165) is 6.42 Å². The van der Waals surface area contributed by atoms with Gasteiger partial charge in [-0.1, -0.05) is 45.9 Å². The highest BCUT2D eigenvalue weighted by molar-refractivity contribution is 5.84. The molecule has 156 valence electrons. The first-order valence-electron chi connectivity index (χ1n) is 11.3. The Labute approximate surface area is 185 Å². The molecule has 1 aliphatic rings. The number of hydrogen-bond acceptors (Lipinski definition) is 1. The Hall–Kier alpha value is -3.00. The molecule has 0 saturated carbocycles. The van der Waals surface area contributed by atoms with Crippen molar-refractivity contribution in [3.63, 3.8) is 0 Å². The molecule has 2 heteroatoms. The molecule has 2 aromatic heterocycles. The lowest BCUT2D eigenvalue weighted by Gasteiger charge is -2.21. The topological polar surface area (TPSA) is 16.8 Å². The van der Waals surface area contributed by atoms with Crippen LogP contribution in [0.25, 0.3) is 33.3 Å². The number of benzene rings is 2. The zero-order valence-corrected chi connectivity index (χ0v) is 19.5. The quantitative estimate of drug-likeness (QED) is 0.352. The molecule has 2 nitrogen and oxygen atoms in total. The highest BCUT2D eigenvalue weighted by Crippen LogP contribution is 2.49. The van der Waals surface area contributed by atoms with Crippen LogP contribution in [0.3, 0.4) is 0 Å². The van der Waals surface area contributed by atoms with Gasteiger partial charge in [0.05, 0.1) is 5.69 Å². The molecule has 2 aromatic carbocycles. The smallest absolute Gasteiger partial charge is 0.213 e. The Bertz CT molecular complexity index is 1330. The molecule has 0 spiro atoms. The maximum atomic E-state index is 4.75. The van der Waals surface area contributed by atoms with E-state index in [4.69, 9.17) is 4.98 Å². The summed E-state index contributed by atoms with van der Waals surface area (Å²) in [6.45, 7) is 11.4. The standard InChI is InChI=1S/C29H31N2/c1-18(2)14-20-9-10-21-11-12-26(31(6)27(21)16-20)23-17-25-24(15-19(23)3)22-8-7-13-30-28(22)29(25,4)5/h7-13,15-18H,14H2,1-6H3/q+1. The van der Waals surface area contributed by atoms with Crippen LogP contribution in [0.2, 0.25) is 0 Å². The number of hydrogen-bond donors (Lipinski definition) is 0. The van der Waals surface area contributed by atoms with Gasteiger partial charge in [0.2, 0.25) is 11.2 Å². The fraction of sp³-hybridized carbons (Fsp3) is 0.310. The SMILES string of the molecule is Cc1cc2c(cc1-c1ccc3ccc(CC(C)C)cc3[n+]1C)C(C)(C)c1ncccc1-2. The second kappa shape index (κ2) is 7.02. The molecule has 4 aromatic rings. The average Bonchev–Trinajstić information content (AvgIpc) is 2.95. The molecule has 0 N–H and O–H groups in total. The molecule has 0 bridgehead atoms. The molecule has 5 rings (SSSR count). The van der Waals surface area contributed by atoms with E-state index < -0.39 is 0 Å². The molecule has 0 atom stereocenters. The lowest BCUT2D eigenvalue weighted by atomic mass is 9.83. The maximum absolute atomic E-state index is 4.75. The fourth-order valence-electron chi connectivity index (χ4n) is 5.27. The third kappa shape index (κ3) is 3.08. The molecule has 1 aliphatic carbocycles. The van der Waals surface area contributed by atoms with E-state index in [0.29, 0.717) is 5.92 Å². The predicted molar refractivity (Wildman–Crippen MR) is 129 cm³/mol. The lowest BCUT2D eigenvalue weighted by molar-refractivity contribution is -0.633. The summed E-state index contributed by atoms with van der Waals surface area (Å²) in [5.41, 5.74) is 11.6. The minimum Gasteiger partial charge on any atom is -0.260 e. The van der Waals surface area contributed by atoms with Crippen molar-refractivity contribution in [1.29, 1.82) is 0 Å². The fourth-order valence-corrected chi connectivity index (χ4v) is 5.27. The van der Waals surface area contributed by atoms with Crippen LogP contribution < -0.4 is 4.57 Å². The Morgan fingerprint density at radius 3 is 2.48 bits per heavy atom. The molecule has 0 unspecified atom stereocenters. The number of fused-ring (bicyclic) bond motifs is 4. The minimum atomic E-state index is -0.0891. The monoisotopic (exact) mass is 407 g/mol. The van der Waals surface area contributed by atoms with E-state index in [1.165, 1.54) is 55.7 Å². The van der Waals surface area contributed by atoms with Crippen LogP contribution in [0.5, 0.6) is 0 Å². The Kier molecular flexibility index (Phi) is 4.51. The molecule has 0 saturated heterocycles. The first-order chi connectivity index (χ1) is 14.8. The maximum Gasteiger partial charge on any atom is 0.213 e. The number of rotatable bonds is 3. The number of pyridine rings is 2. The summed E-state index contributed by atoms with van der Waals surface area (Å²) >= 11 is 0. The normalized spacial score (nSPS) is 14.2. The van der Waals surface area contributed by atoms with Gasteiger partial charge in [0.25, 0.3) is 0 Å². The number of aromatic nitrogens is 2. The lowest BCUT2D eigenvalue weighted by Crippen LogP contribution is -2.32. The van der Waals surface area contributed by atoms with Crippen LogP contribution in [0.15, 0.2) is 60.8 Å². The van der Waals surface area contributed by atoms with E-state index in [1.807, 2.05) is 12.3 Å². The molecule has 0 radical (unpaired) electrons. The number of nitrogens with zero attached hydrogens (tertiary/aromatic N) is 2. The summed E-state index contributed by atoms with van der Waals surface area (Å²) in [7, 11) is 2.20. The van der Waals surface area contributed by atoms with Gasteiger partial charge < -0.3 is 0 Å². The average molecular weight is 408 g/mol. The van der Waals surface area contributed by atoms with Crippen LogP contribution >= 0.6 is 0 Å². The number of aryl methyl sites for hydroxylation is 2. The Balaban J connectivity index is 1.70. The van der Waals surface area contributed by atoms with Crippen molar-refractivity contribution < 1.29 is 4.57 Å². The van der Waals surface area contributed by atoms with Gasteiger partial charge in [0.1, 0.15) is 7.05 Å². The van der Waals surface area contributed by atoms with Crippen molar-refractivity contribution in [2.75, 3.05) is 0 Å². The van der Waals surface area contributed by atoms with Gasteiger partial charge in [-0.25, -0.2) is 0 Å². The van der Waals surface area contributed by atoms with Crippen LogP contribution in [0.4, 0.5) is 0 Å². The van der Waals surface area contributed by atoms with Gasteiger partial charge in [-0.15, -0.1) is 0 Å². The molecule has 0 amide bonds. The van der Waals surface area contributed by atoms with Gasteiger partial charge in [-0.05, 0) is 65.8 Å². The predicted octanol–water partition coefficient (Wildman–Crippen LogP) is 6.54. The Morgan fingerprint density at radius 2 is 1.71 bits per heavy atom. The van der Waals surface area contributed by atoms with Crippen molar-refractivity contribution in [3.8, 4) is 22.4 Å². The third-order valence-corrected chi connectivity index (χ3v) is 6.89. The van der Waals surface area contributed by atoms with Crippen molar-refractivity contribution in [2.45, 2.75) is 46.5 Å². The first kappa shape index (κ1) is 19.9. The van der Waals surface area contributed by atoms with E-state index in [9.17, 15) is 0 Å². The van der Waals surface area contributed by atoms with Crippen LogP contribution in [0.1, 0.15) is 50.1 Å². The summed E-state index contributed by atoms with van der Waals surface area (Å²) in [5, 5.41) is 1.29. The third-order valence-electron chi connectivity index (χ3n) is 6.89. The van der Waals surface area contributed by atoms with E-state index >= 15 is 0 Å². The van der Waals surface area contributed by atoms with Crippen molar-refractivity contribution >= 4 is 10.9 Å². The van der Waals surface area contributed by atoms with E-state index in [2.05, 4.69) is 94.8 Å². The second-order valence-corrected chi connectivity index (χ2v) is 10.0. The van der Waals surface area contributed by atoms with Gasteiger partial charge >= 0.3 is 0 Å². The summed E-state index contributed by atoms with van der Waals surface area (Å²) in [6.07, 6.45) is 3.02. The molecule has 2 heterocycles. The van der Waals surface area contributed by atoms with Crippen molar-refractivity contribution in [1.82, 2.24) is 4.98 Å². The summed E-state index contributed by atoms with van der Waals surface area (Å²) < 4.78 is 2.36. The summed E-state index contributed by atoms with van der Waals surface area (Å²) in [4.78, 5) is 4.75. The second-order valence-electron chi connectivity index (χ2n) is 10.0. The molecule has 31 heavy (non-hydrogen) atoms. The van der Waals surface area contributed by atoms with E-state index in [-0.39, 0.29) is 5.41 Å². The molecular weight excluding hydrogens is 376 g/mol.